The molecule has 2 aliphatic heterocycles. The molecule has 0 N–H and O–H groups in total. The van der Waals surface area contributed by atoms with Crippen LogP contribution in [0.2, 0.25) is 0 Å². The summed E-state index contributed by atoms with van der Waals surface area (Å²) < 4.78 is 0. The Morgan fingerprint density at radius 1 is 1.82 bits per heavy atom. The number of carbonyl (C=O) groups excluding carboxylic acids is 1. The third kappa shape index (κ3) is 1.07. The second-order valence-corrected chi connectivity index (χ2v) is 4.23. The molecule has 0 aromatic carbocycles. The molecule has 0 unspecified atom stereocenters. The number of allylic oxidation sites excluding steroid dienone is 1. The first-order chi connectivity index (χ1) is 5.31. The number of carbonyl (C=O) groups is 1. The minimum Gasteiger partial charge on any atom is -0.305 e. The summed E-state index contributed by atoms with van der Waals surface area (Å²) in [5.41, 5.74) is 0. The number of hydrogen-bond donors (Lipinski definition) is 0. The molecule has 2 aliphatic rings. The van der Waals surface area contributed by atoms with Gasteiger partial charge in [-0.25, -0.2) is 0 Å². The Bertz CT molecular complexity index is 224. The zero-order valence-electron chi connectivity index (χ0n) is 6.54. The van der Waals surface area contributed by atoms with Crippen LogP contribution >= 0.6 is 11.8 Å². The lowest BCUT2D eigenvalue weighted by molar-refractivity contribution is -0.137. The van der Waals surface area contributed by atoms with Crippen LogP contribution in [0.3, 0.4) is 0 Å². The van der Waals surface area contributed by atoms with E-state index in [1.807, 2.05) is 22.9 Å². The molecule has 0 aliphatic carbocycles. The molecule has 0 spiro atoms. The molecule has 60 valence electrons. The summed E-state index contributed by atoms with van der Waals surface area (Å²) >= 11 is 1.85. The number of thioether (sulfide) groups is 1. The summed E-state index contributed by atoms with van der Waals surface area (Å²) in [6.45, 7) is 2.17. The highest BCUT2D eigenvalue weighted by molar-refractivity contribution is 8.04. The minimum atomic E-state index is 0.286. The summed E-state index contributed by atoms with van der Waals surface area (Å²) in [6, 6.07) is 0. The maximum atomic E-state index is 10.9. The Labute approximate surface area is 70.6 Å². The smallest absolute Gasteiger partial charge is 0.230 e. The molecule has 0 aromatic rings. The van der Waals surface area contributed by atoms with Gasteiger partial charge < -0.3 is 4.90 Å². The second-order valence-electron chi connectivity index (χ2n) is 2.92. The maximum absolute atomic E-state index is 10.9. The van der Waals surface area contributed by atoms with Crippen molar-refractivity contribution >= 4 is 17.7 Å². The molecule has 0 bridgehead atoms. The average molecular weight is 169 g/mol. The minimum absolute atomic E-state index is 0.286. The topological polar surface area (TPSA) is 20.3 Å². The number of amides is 1. The monoisotopic (exact) mass is 169 g/mol. The van der Waals surface area contributed by atoms with Crippen molar-refractivity contribution in [3.8, 4) is 0 Å². The van der Waals surface area contributed by atoms with Crippen LogP contribution in [0.4, 0.5) is 0 Å². The van der Waals surface area contributed by atoms with Gasteiger partial charge in [0, 0.05) is 11.1 Å². The summed E-state index contributed by atoms with van der Waals surface area (Å²) in [6.07, 6.45) is 5.07. The molecule has 2 rings (SSSR count). The van der Waals surface area contributed by atoms with Gasteiger partial charge in [-0.1, -0.05) is 13.3 Å². The molecule has 1 amide bonds. The van der Waals surface area contributed by atoms with E-state index in [1.165, 1.54) is 11.3 Å². The zero-order valence-corrected chi connectivity index (χ0v) is 7.36. The molecule has 2 nitrogen and oxygen atoms in total. The van der Waals surface area contributed by atoms with Gasteiger partial charge in [-0.2, -0.15) is 0 Å². The number of β-lactam (4-membered cyclic amide) rings is 1. The fourth-order valence-corrected chi connectivity index (χ4v) is 2.75. The van der Waals surface area contributed by atoms with E-state index in [2.05, 4.69) is 6.92 Å². The van der Waals surface area contributed by atoms with Crippen LogP contribution < -0.4 is 0 Å². The van der Waals surface area contributed by atoms with E-state index in [-0.39, 0.29) is 5.91 Å². The van der Waals surface area contributed by atoms with Crippen LogP contribution in [0.15, 0.2) is 11.1 Å². The number of rotatable bonds is 2. The van der Waals surface area contributed by atoms with Crippen molar-refractivity contribution in [2.45, 2.75) is 31.6 Å². The van der Waals surface area contributed by atoms with Crippen molar-refractivity contribution in [1.82, 2.24) is 4.90 Å². The van der Waals surface area contributed by atoms with Gasteiger partial charge in [0.05, 0.1) is 11.8 Å². The van der Waals surface area contributed by atoms with E-state index >= 15 is 0 Å². The third-order valence-electron chi connectivity index (χ3n) is 2.01. The highest BCUT2D eigenvalue weighted by atomic mass is 32.2. The van der Waals surface area contributed by atoms with Gasteiger partial charge in [0.15, 0.2) is 0 Å². The largest absolute Gasteiger partial charge is 0.305 e. The Morgan fingerprint density at radius 3 is 3.18 bits per heavy atom. The molecule has 1 fully saturated rings. The predicted octanol–water partition coefficient (Wildman–Crippen LogP) is 1.93. The van der Waals surface area contributed by atoms with Crippen LogP contribution in [0.5, 0.6) is 0 Å². The van der Waals surface area contributed by atoms with E-state index in [9.17, 15) is 4.79 Å². The van der Waals surface area contributed by atoms with Crippen LogP contribution in [0.25, 0.3) is 0 Å². The first kappa shape index (κ1) is 7.22. The molecule has 1 saturated heterocycles. The lowest BCUT2D eigenvalue weighted by Crippen LogP contribution is -2.44. The van der Waals surface area contributed by atoms with Crippen LogP contribution in [0.1, 0.15) is 26.2 Å². The first-order valence-corrected chi connectivity index (χ1v) is 4.87. The summed E-state index contributed by atoms with van der Waals surface area (Å²) in [7, 11) is 0. The number of fused-ring (bicyclic) bond motifs is 1. The third-order valence-corrected chi connectivity index (χ3v) is 3.29. The fraction of sp³-hybridized carbons (Fsp3) is 0.625. The second kappa shape index (κ2) is 2.55. The van der Waals surface area contributed by atoms with Crippen molar-refractivity contribution in [2.75, 3.05) is 0 Å². The lowest BCUT2D eigenvalue weighted by Gasteiger charge is -2.31. The van der Waals surface area contributed by atoms with Crippen LogP contribution in [-0.2, 0) is 4.79 Å². The number of nitrogens with zero attached hydrogens (tertiary/aromatic N) is 1. The van der Waals surface area contributed by atoms with E-state index < -0.39 is 0 Å². The van der Waals surface area contributed by atoms with Gasteiger partial charge in [0.1, 0.15) is 0 Å². The van der Waals surface area contributed by atoms with E-state index in [1.54, 1.807) is 0 Å². The first-order valence-electron chi connectivity index (χ1n) is 4.00. The Balaban J connectivity index is 2.00. The van der Waals surface area contributed by atoms with Gasteiger partial charge in [-0.15, -0.1) is 11.8 Å². The zero-order chi connectivity index (χ0) is 7.84. The SMILES string of the molecule is CCCC1=CN2C(=O)C[C@H]2S1. The molecule has 0 saturated carbocycles. The normalized spacial score (nSPS) is 28.1. The number of hydrogen-bond acceptors (Lipinski definition) is 2. The van der Waals surface area contributed by atoms with E-state index in [4.69, 9.17) is 0 Å². The van der Waals surface area contributed by atoms with E-state index in [0.29, 0.717) is 5.37 Å². The van der Waals surface area contributed by atoms with Crippen LogP contribution in [-0.4, -0.2) is 16.2 Å². The van der Waals surface area contributed by atoms with Crippen molar-refractivity contribution in [3.63, 3.8) is 0 Å². The van der Waals surface area contributed by atoms with E-state index in [0.717, 1.165) is 12.8 Å². The lowest BCUT2D eigenvalue weighted by atomic mass is 10.2. The van der Waals surface area contributed by atoms with Gasteiger partial charge in [0.2, 0.25) is 5.91 Å². The summed E-state index contributed by atoms with van der Waals surface area (Å²) in [4.78, 5) is 14.2. The molecular weight excluding hydrogens is 158 g/mol. The Morgan fingerprint density at radius 2 is 2.64 bits per heavy atom. The fourth-order valence-electron chi connectivity index (χ4n) is 1.39. The highest BCUT2D eigenvalue weighted by Crippen LogP contribution is 2.42. The average Bonchev–Trinajstić information content (AvgIpc) is 2.29. The molecule has 0 radical (unpaired) electrons. The Hall–Kier alpha value is -0.440. The molecule has 3 heteroatoms. The molecule has 2 heterocycles. The maximum Gasteiger partial charge on any atom is 0.230 e. The van der Waals surface area contributed by atoms with Crippen molar-refractivity contribution in [1.29, 1.82) is 0 Å². The molecular formula is C8H11NOS. The van der Waals surface area contributed by atoms with Crippen molar-refractivity contribution in [3.05, 3.63) is 11.1 Å². The predicted molar refractivity (Wildman–Crippen MR) is 45.8 cm³/mol. The quantitative estimate of drug-likeness (QED) is 0.589. The van der Waals surface area contributed by atoms with Gasteiger partial charge >= 0.3 is 0 Å². The van der Waals surface area contributed by atoms with Gasteiger partial charge in [-0.3, -0.25) is 4.79 Å². The molecule has 1 atom stereocenters. The van der Waals surface area contributed by atoms with Crippen molar-refractivity contribution in [2.24, 2.45) is 0 Å². The standard InChI is InChI=1S/C8H11NOS/c1-2-3-6-5-9-7(10)4-8(9)11-6/h5,8H,2-4H2,1H3/t8-/m1/s1. The van der Waals surface area contributed by atoms with Gasteiger partial charge in [0.25, 0.3) is 0 Å². The molecule has 11 heavy (non-hydrogen) atoms. The molecule has 0 aromatic heterocycles. The highest BCUT2D eigenvalue weighted by Gasteiger charge is 2.39. The van der Waals surface area contributed by atoms with Gasteiger partial charge in [-0.05, 0) is 6.42 Å². The summed E-state index contributed by atoms with van der Waals surface area (Å²) in [5, 5.41) is 0.462. The van der Waals surface area contributed by atoms with Crippen molar-refractivity contribution < 1.29 is 4.79 Å². The summed E-state index contributed by atoms with van der Waals surface area (Å²) in [5.74, 6) is 0.286. The van der Waals surface area contributed by atoms with Crippen LogP contribution in [0, 0.1) is 0 Å². The Kier molecular flexibility index (Phi) is 1.68.